The Morgan fingerprint density at radius 2 is 1.41 bits per heavy atom. The molecule has 0 aliphatic heterocycles. The lowest BCUT2D eigenvalue weighted by Gasteiger charge is -2.12. The molecule has 2 atom stereocenters. The van der Waals surface area contributed by atoms with E-state index in [0.29, 0.717) is 32.3 Å². The molecule has 0 fully saturated rings. The molecule has 0 aliphatic carbocycles. The molecule has 0 N–H and O–H groups in total. The molecule has 180 valence electrons. The smallest absolute Gasteiger partial charge is 0.305 e. The van der Waals surface area contributed by atoms with Crippen molar-refractivity contribution in [2.75, 3.05) is 6.61 Å². The van der Waals surface area contributed by atoms with Crippen LogP contribution in [-0.2, 0) is 28.6 Å². The van der Waals surface area contributed by atoms with Crippen molar-refractivity contribution in [2.24, 2.45) is 0 Å². The number of allylic oxidation sites excluding steroid dienone is 5. The highest BCUT2D eigenvalue weighted by atomic mass is 16.5. The largest absolute Gasteiger partial charge is 0.466 e. The first kappa shape index (κ1) is 29.4. The summed E-state index contributed by atoms with van der Waals surface area (Å²) < 4.78 is 15.5. The van der Waals surface area contributed by atoms with Crippen LogP contribution in [0.1, 0.15) is 79.1 Å². The molecule has 0 radical (unpaired) electrons. The van der Waals surface area contributed by atoms with Crippen molar-refractivity contribution in [2.45, 2.75) is 91.3 Å². The summed E-state index contributed by atoms with van der Waals surface area (Å²) >= 11 is 0. The van der Waals surface area contributed by atoms with Gasteiger partial charge in [0, 0.05) is 26.7 Å². The summed E-state index contributed by atoms with van der Waals surface area (Å²) in [5, 5.41) is 0. The van der Waals surface area contributed by atoms with E-state index in [9.17, 15) is 14.4 Å². The van der Waals surface area contributed by atoms with Crippen LogP contribution in [-0.4, -0.2) is 36.7 Å². The maximum absolute atomic E-state index is 11.4. The fourth-order valence-electron chi connectivity index (χ4n) is 2.83. The Labute approximate surface area is 193 Å². The van der Waals surface area contributed by atoms with Crippen molar-refractivity contribution in [3.8, 4) is 0 Å². The molecule has 6 nitrogen and oxygen atoms in total. The Hall–Kier alpha value is -2.63. The normalized spacial score (nSPS) is 13.8. The number of esters is 3. The highest BCUT2D eigenvalue weighted by molar-refractivity contribution is 5.69. The number of rotatable bonds is 17. The number of hydrogen-bond donors (Lipinski definition) is 0. The van der Waals surface area contributed by atoms with Crippen molar-refractivity contribution in [1.82, 2.24) is 0 Å². The van der Waals surface area contributed by atoms with Crippen LogP contribution in [0.25, 0.3) is 0 Å². The third-order valence-corrected chi connectivity index (χ3v) is 4.30. The maximum Gasteiger partial charge on any atom is 0.305 e. The number of unbranched alkanes of at least 4 members (excludes halogenated alkanes) is 3. The lowest BCUT2D eigenvalue weighted by atomic mass is 10.1. The van der Waals surface area contributed by atoms with E-state index in [1.165, 1.54) is 33.1 Å². The van der Waals surface area contributed by atoms with Crippen molar-refractivity contribution in [3.05, 3.63) is 48.6 Å². The molecule has 0 saturated heterocycles. The third kappa shape index (κ3) is 19.3. The van der Waals surface area contributed by atoms with Gasteiger partial charge in [0.25, 0.3) is 0 Å². The Morgan fingerprint density at radius 1 is 0.781 bits per heavy atom. The molecule has 0 heterocycles. The number of carbonyl (C=O) groups excluding carboxylic acids is 3. The maximum atomic E-state index is 11.4. The van der Waals surface area contributed by atoms with Crippen LogP contribution in [0.3, 0.4) is 0 Å². The highest BCUT2D eigenvalue weighted by Gasteiger charge is 2.10. The van der Waals surface area contributed by atoms with Gasteiger partial charge in [-0.05, 0) is 44.8 Å². The Bertz CT molecular complexity index is 645. The fourth-order valence-corrected chi connectivity index (χ4v) is 2.83. The monoisotopic (exact) mass is 448 g/mol. The first-order chi connectivity index (χ1) is 15.4. The molecule has 0 rings (SSSR count). The quantitative estimate of drug-likeness (QED) is 0.0923. The molecule has 0 aliphatic rings. The fraction of sp³-hybridized carbons (Fsp3) is 0.577. The zero-order chi connectivity index (χ0) is 24.0. The Morgan fingerprint density at radius 3 is 2.00 bits per heavy atom. The van der Waals surface area contributed by atoms with Gasteiger partial charge in [-0.15, -0.1) is 0 Å². The van der Waals surface area contributed by atoms with Crippen molar-refractivity contribution < 1.29 is 28.6 Å². The van der Waals surface area contributed by atoms with E-state index in [0.717, 1.165) is 6.42 Å². The van der Waals surface area contributed by atoms with Gasteiger partial charge in [-0.25, -0.2) is 0 Å². The van der Waals surface area contributed by atoms with Crippen molar-refractivity contribution >= 4 is 17.9 Å². The lowest BCUT2D eigenvalue weighted by Crippen LogP contribution is -2.14. The summed E-state index contributed by atoms with van der Waals surface area (Å²) in [6.07, 6.45) is 21.0. The van der Waals surface area contributed by atoms with Crippen LogP contribution in [0.2, 0.25) is 0 Å². The minimum Gasteiger partial charge on any atom is -0.466 e. The molecular formula is C26H40O6. The van der Waals surface area contributed by atoms with Crippen molar-refractivity contribution in [3.63, 3.8) is 0 Å². The van der Waals surface area contributed by atoms with Gasteiger partial charge in [0.1, 0.15) is 12.2 Å². The standard InChI is InChI=1S/C26H40O6/c1-5-7-8-9-10-13-17-24(31-22(3)27)18-14-11-12-15-19-25(32-23(4)28)20-16-21-26(29)30-6-2/h10-15,18-19,24-25H,5-9,16-17,20-21H2,1-4H3/b12-11+,13-10-,18-14+,19-15+/t24-,25+/m1/s1. The zero-order valence-corrected chi connectivity index (χ0v) is 20.1. The van der Waals surface area contributed by atoms with E-state index in [4.69, 9.17) is 14.2 Å². The van der Waals surface area contributed by atoms with Gasteiger partial charge in [0.2, 0.25) is 0 Å². The second kappa shape index (κ2) is 20.3. The zero-order valence-electron chi connectivity index (χ0n) is 20.1. The predicted molar refractivity (Wildman–Crippen MR) is 127 cm³/mol. The summed E-state index contributed by atoms with van der Waals surface area (Å²) in [4.78, 5) is 34.0. The van der Waals surface area contributed by atoms with E-state index in [1.807, 2.05) is 24.3 Å². The summed E-state index contributed by atoms with van der Waals surface area (Å²) in [5.74, 6) is -0.928. The second-order valence-electron chi connectivity index (χ2n) is 7.35. The predicted octanol–water partition coefficient (Wildman–Crippen LogP) is 5.78. The van der Waals surface area contributed by atoms with Gasteiger partial charge in [-0.1, -0.05) is 56.2 Å². The highest BCUT2D eigenvalue weighted by Crippen LogP contribution is 2.09. The molecule has 0 spiro atoms. The lowest BCUT2D eigenvalue weighted by molar-refractivity contribution is -0.145. The summed E-state index contributed by atoms with van der Waals surface area (Å²) in [5.41, 5.74) is 0. The summed E-state index contributed by atoms with van der Waals surface area (Å²) in [6, 6.07) is 0. The minimum absolute atomic E-state index is 0.249. The van der Waals surface area contributed by atoms with Crippen LogP contribution in [0, 0.1) is 0 Å². The van der Waals surface area contributed by atoms with Gasteiger partial charge in [0.15, 0.2) is 0 Å². The number of ether oxygens (including phenoxy) is 3. The van der Waals surface area contributed by atoms with Gasteiger partial charge >= 0.3 is 17.9 Å². The van der Waals surface area contributed by atoms with Crippen LogP contribution in [0.15, 0.2) is 48.6 Å². The topological polar surface area (TPSA) is 78.9 Å². The molecule has 6 heteroatoms. The van der Waals surface area contributed by atoms with Gasteiger partial charge in [-0.2, -0.15) is 0 Å². The molecule has 0 aromatic rings. The van der Waals surface area contributed by atoms with E-state index in [-0.39, 0.29) is 24.0 Å². The average molecular weight is 449 g/mol. The first-order valence-corrected chi connectivity index (χ1v) is 11.6. The molecule has 0 amide bonds. The van der Waals surface area contributed by atoms with Gasteiger partial charge < -0.3 is 14.2 Å². The second-order valence-corrected chi connectivity index (χ2v) is 7.35. The first-order valence-electron chi connectivity index (χ1n) is 11.6. The number of carbonyl (C=O) groups is 3. The Balaban J connectivity index is 4.61. The molecule has 0 aromatic carbocycles. The van der Waals surface area contributed by atoms with Crippen LogP contribution >= 0.6 is 0 Å². The van der Waals surface area contributed by atoms with Crippen LogP contribution in [0.4, 0.5) is 0 Å². The van der Waals surface area contributed by atoms with E-state index in [1.54, 1.807) is 19.1 Å². The van der Waals surface area contributed by atoms with Crippen LogP contribution in [0.5, 0.6) is 0 Å². The molecule has 0 aromatic heterocycles. The summed E-state index contributed by atoms with van der Waals surface area (Å²) in [7, 11) is 0. The van der Waals surface area contributed by atoms with E-state index in [2.05, 4.69) is 19.1 Å². The summed E-state index contributed by atoms with van der Waals surface area (Å²) in [6.45, 7) is 7.07. The van der Waals surface area contributed by atoms with E-state index < -0.39 is 6.10 Å². The SMILES string of the molecule is CCCCC/C=C\C[C@H](/C=C/C=C/C=C/[C@@H](CCCC(=O)OCC)OC(C)=O)OC(C)=O. The van der Waals surface area contributed by atoms with E-state index >= 15 is 0 Å². The van der Waals surface area contributed by atoms with Gasteiger partial charge in [-0.3, -0.25) is 14.4 Å². The molecular weight excluding hydrogens is 408 g/mol. The minimum atomic E-state index is -0.401. The number of hydrogen-bond acceptors (Lipinski definition) is 6. The third-order valence-electron chi connectivity index (χ3n) is 4.30. The Kier molecular flexibility index (Phi) is 18.6. The molecule has 32 heavy (non-hydrogen) atoms. The average Bonchev–Trinajstić information content (AvgIpc) is 2.72. The van der Waals surface area contributed by atoms with Crippen molar-refractivity contribution in [1.29, 1.82) is 0 Å². The molecule has 0 unspecified atom stereocenters. The van der Waals surface area contributed by atoms with Gasteiger partial charge in [0.05, 0.1) is 6.61 Å². The van der Waals surface area contributed by atoms with Crippen LogP contribution < -0.4 is 0 Å². The molecule has 0 saturated carbocycles. The molecule has 0 bridgehead atoms.